The Hall–Kier alpha value is -3.31. The minimum atomic E-state index is -4.11. The summed E-state index contributed by atoms with van der Waals surface area (Å²) in [6, 6.07) is 8.69. The molecule has 0 bridgehead atoms. The van der Waals surface area contributed by atoms with Crippen molar-refractivity contribution in [3.05, 3.63) is 59.4 Å². The van der Waals surface area contributed by atoms with Crippen LogP contribution < -0.4 is 11.1 Å². The van der Waals surface area contributed by atoms with Crippen molar-refractivity contribution in [2.45, 2.75) is 37.2 Å². The van der Waals surface area contributed by atoms with Crippen LogP contribution in [0, 0.1) is 5.82 Å². The number of nitrogens with zero attached hydrogens (tertiary/aromatic N) is 1. The molecular formula is C22H24FN3O6S. The van der Waals surface area contributed by atoms with Gasteiger partial charge in [-0.2, -0.15) is 4.31 Å². The summed E-state index contributed by atoms with van der Waals surface area (Å²) in [4.78, 5) is 35.4. The number of ether oxygens (including phenoxy) is 1. The van der Waals surface area contributed by atoms with E-state index < -0.39 is 44.6 Å². The molecule has 11 heteroatoms. The van der Waals surface area contributed by atoms with E-state index in [2.05, 4.69) is 5.32 Å². The largest absolute Gasteiger partial charge is 0.449 e. The van der Waals surface area contributed by atoms with E-state index in [4.69, 9.17) is 10.5 Å². The van der Waals surface area contributed by atoms with Crippen LogP contribution in [0.25, 0.3) is 0 Å². The summed E-state index contributed by atoms with van der Waals surface area (Å²) in [5.74, 6) is -3.21. The molecule has 2 aromatic carbocycles. The highest BCUT2D eigenvalue weighted by molar-refractivity contribution is 7.89. The molecular weight excluding hydrogens is 453 g/mol. The highest BCUT2D eigenvalue weighted by atomic mass is 32.2. The molecule has 2 aromatic rings. The van der Waals surface area contributed by atoms with Crippen molar-refractivity contribution in [1.29, 1.82) is 0 Å². The fourth-order valence-electron chi connectivity index (χ4n) is 3.32. The maximum atomic E-state index is 14.3. The Labute approximate surface area is 190 Å². The minimum Gasteiger partial charge on any atom is -0.449 e. The maximum absolute atomic E-state index is 14.3. The Morgan fingerprint density at radius 2 is 1.64 bits per heavy atom. The van der Waals surface area contributed by atoms with Gasteiger partial charge in [0.05, 0.1) is 5.56 Å². The van der Waals surface area contributed by atoms with Crippen LogP contribution in [0.5, 0.6) is 0 Å². The van der Waals surface area contributed by atoms with Gasteiger partial charge in [0, 0.05) is 24.3 Å². The third-order valence-electron chi connectivity index (χ3n) is 5.19. The lowest BCUT2D eigenvalue weighted by Gasteiger charge is -2.26. The fourth-order valence-corrected chi connectivity index (χ4v) is 4.92. The molecule has 3 rings (SSSR count). The molecule has 0 saturated carbocycles. The number of esters is 1. The number of halogens is 1. The van der Waals surface area contributed by atoms with Crippen LogP contribution in [0.15, 0.2) is 47.4 Å². The van der Waals surface area contributed by atoms with Crippen LogP contribution in [0.1, 0.15) is 46.9 Å². The zero-order valence-corrected chi connectivity index (χ0v) is 18.7. The lowest BCUT2D eigenvalue weighted by molar-refractivity contribution is -0.123. The molecule has 1 aliphatic heterocycles. The van der Waals surface area contributed by atoms with Crippen LogP contribution in [0.2, 0.25) is 0 Å². The smallest absolute Gasteiger partial charge is 0.338 e. The average Bonchev–Trinajstić information content (AvgIpc) is 2.80. The normalized spacial score (nSPS) is 15.5. The van der Waals surface area contributed by atoms with Gasteiger partial charge in [-0.15, -0.1) is 0 Å². The number of nitrogens with two attached hydrogens (primary N) is 1. The molecule has 1 saturated heterocycles. The van der Waals surface area contributed by atoms with Crippen molar-refractivity contribution in [3.63, 3.8) is 0 Å². The van der Waals surface area contributed by atoms with Gasteiger partial charge in [0.1, 0.15) is 10.7 Å². The molecule has 0 aliphatic carbocycles. The Bertz CT molecular complexity index is 1160. The first-order chi connectivity index (χ1) is 15.6. The third kappa shape index (κ3) is 5.74. The summed E-state index contributed by atoms with van der Waals surface area (Å²) >= 11 is 0. The first-order valence-corrected chi connectivity index (χ1v) is 11.7. The fraction of sp³-hybridized carbons (Fsp3) is 0.318. The number of amides is 2. The average molecular weight is 478 g/mol. The first kappa shape index (κ1) is 24.3. The number of piperidine rings is 1. The number of hydrogen-bond donors (Lipinski definition) is 2. The molecule has 0 aromatic heterocycles. The van der Waals surface area contributed by atoms with Gasteiger partial charge in [0.25, 0.3) is 5.91 Å². The van der Waals surface area contributed by atoms with Gasteiger partial charge in [0.15, 0.2) is 6.10 Å². The summed E-state index contributed by atoms with van der Waals surface area (Å²) in [6.07, 6.45) is 1.03. The van der Waals surface area contributed by atoms with E-state index in [0.29, 0.717) is 18.5 Å². The van der Waals surface area contributed by atoms with E-state index in [1.807, 2.05) is 0 Å². The number of carbonyl (C=O) groups is 3. The molecule has 176 valence electrons. The van der Waals surface area contributed by atoms with Crippen molar-refractivity contribution in [2.75, 3.05) is 18.4 Å². The number of primary amides is 1. The Morgan fingerprint density at radius 3 is 2.24 bits per heavy atom. The SMILES string of the molecule is CC(OC(=O)c1ccc(F)c(S(=O)(=O)N2CCCCC2)c1)C(=O)Nc1ccc(C(N)=O)cc1. The van der Waals surface area contributed by atoms with Crippen LogP contribution in [-0.2, 0) is 19.6 Å². The molecule has 33 heavy (non-hydrogen) atoms. The van der Waals surface area contributed by atoms with Gasteiger partial charge in [-0.25, -0.2) is 17.6 Å². The van der Waals surface area contributed by atoms with E-state index in [-0.39, 0.29) is 24.2 Å². The third-order valence-corrected chi connectivity index (χ3v) is 7.10. The number of nitrogens with one attached hydrogen (secondary N) is 1. The van der Waals surface area contributed by atoms with Gasteiger partial charge >= 0.3 is 5.97 Å². The van der Waals surface area contributed by atoms with Gasteiger partial charge in [-0.1, -0.05) is 6.42 Å². The Kier molecular flexibility index (Phi) is 7.44. The molecule has 0 radical (unpaired) electrons. The second kappa shape index (κ2) is 10.1. The predicted molar refractivity (Wildman–Crippen MR) is 117 cm³/mol. The van der Waals surface area contributed by atoms with E-state index in [9.17, 15) is 27.2 Å². The lowest BCUT2D eigenvalue weighted by Crippen LogP contribution is -2.36. The monoisotopic (exact) mass is 477 g/mol. The topological polar surface area (TPSA) is 136 Å². The van der Waals surface area contributed by atoms with Crippen molar-refractivity contribution < 1.29 is 31.9 Å². The van der Waals surface area contributed by atoms with Crippen LogP contribution in [0.4, 0.5) is 10.1 Å². The zero-order chi connectivity index (χ0) is 24.2. The second-order valence-corrected chi connectivity index (χ2v) is 9.49. The number of anilines is 1. The lowest BCUT2D eigenvalue weighted by atomic mass is 10.2. The molecule has 1 unspecified atom stereocenters. The predicted octanol–water partition coefficient (Wildman–Crippen LogP) is 2.28. The van der Waals surface area contributed by atoms with E-state index in [0.717, 1.165) is 24.6 Å². The molecule has 0 spiro atoms. The van der Waals surface area contributed by atoms with E-state index >= 15 is 0 Å². The highest BCUT2D eigenvalue weighted by Gasteiger charge is 2.30. The van der Waals surface area contributed by atoms with Gasteiger partial charge in [0.2, 0.25) is 15.9 Å². The number of carbonyl (C=O) groups excluding carboxylic acids is 3. The van der Waals surface area contributed by atoms with Crippen LogP contribution >= 0.6 is 0 Å². The number of rotatable bonds is 7. The number of sulfonamides is 1. The van der Waals surface area contributed by atoms with Crippen molar-refractivity contribution >= 4 is 33.5 Å². The quantitative estimate of drug-likeness (QED) is 0.587. The Morgan fingerprint density at radius 1 is 1.03 bits per heavy atom. The summed E-state index contributed by atoms with van der Waals surface area (Å²) < 4.78 is 46.3. The molecule has 2 amide bonds. The zero-order valence-electron chi connectivity index (χ0n) is 17.9. The van der Waals surface area contributed by atoms with Crippen molar-refractivity contribution in [2.24, 2.45) is 5.73 Å². The Balaban J connectivity index is 1.69. The van der Waals surface area contributed by atoms with Gasteiger partial charge < -0.3 is 15.8 Å². The van der Waals surface area contributed by atoms with E-state index in [1.54, 1.807) is 0 Å². The van der Waals surface area contributed by atoms with Gasteiger partial charge in [-0.05, 0) is 62.2 Å². The molecule has 1 aliphatic rings. The number of hydrogen-bond acceptors (Lipinski definition) is 6. The molecule has 1 fully saturated rings. The van der Waals surface area contributed by atoms with Crippen LogP contribution in [0.3, 0.4) is 0 Å². The summed E-state index contributed by atoms with van der Waals surface area (Å²) in [6.45, 7) is 1.90. The second-order valence-electron chi connectivity index (χ2n) is 7.59. The van der Waals surface area contributed by atoms with Gasteiger partial charge in [-0.3, -0.25) is 9.59 Å². The summed E-state index contributed by atoms with van der Waals surface area (Å²) in [5.41, 5.74) is 5.58. The first-order valence-electron chi connectivity index (χ1n) is 10.3. The minimum absolute atomic E-state index is 0.197. The molecule has 3 N–H and O–H groups in total. The van der Waals surface area contributed by atoms with Crippen LogP contribution in [-0.4, -0.2) is 49.7 Å². The molecule has 9 nitrogen and oxygen atoms in total. The van der Waals surface area contributed by atoms with Crippen molar-refractivity contribution in [3.8, 4) is 0 Å². The standard InChI is InChI=1S/C22H24FN3O6S/c1-14(21(28)25-17-8-5-15(6-9-17)20(24)27)32-22(29)16-7-10-18(23)19(13-16)33(30,31)26-11-3-2-4-12-26/h5-10,13-14H,2-4,11-12H2,1H3,(H2,24,27)(H,25,28). The number of benzene rings is 2. The van der Waals surface area contributed by atoms with Crippen molar-refractivity contribution in [1.82, 2.24) is 4.31 Å². The molecule has 1 atom stereocenters. The highest BCUT2D eigenvalue weighted by Crippen LogP contribution is 2.24. The van der Waals surface area contributed by atoms with E-state index in [1.165, 1.54) is 35.5 Å². The summed E-state index contributed by atoms with van der Waals surface area (Å²) in [7, 11) is -4.11. The molecule has 1 heterocycles. The summed E-state index contributed by atoms with van der Waals surface area (Å²) in [5, 5.41) is 2.52. The maximum Gasteiger partial charge on any atom is 0.338 e.